The molecule has 0 spiro atoms. The molecule has 0 saturated carbocycles. The van der Waals surface area contributed by atoms with Crippen molar-refractivity contribution in [3.8, 4) is 0 Å². The number of hydrogen-bond acceptors (Lipinski definition) is 4. The number of amides is 1. The van der Waals surface area contributed by atoms with E-state index in [4.69, 9.17) is 4.74 Å². The van der Waals surface area contributed by atoms with Gasteiger partial charge >= 0.3 is 5.97 Å². The van der Waals surface area contributed by atoms with Gasteiger partial charge in [0.05, 0.1) is 11.3 Å². The number of carbonyl (C=O) groups is 2. The fourth-order valence-corrected chi connectivity index (χ4v) is 3.25. The number of cyclic esters (lactones) is 1. The predicted octanol–water partition coefficient (Wildman–Crippen LogP) is 1.94. The number of hydrogen-bond donors (Lipinski definition) is 1. The SMILES string of the molecule is CC1(C)OC(=O)C2=C1NC(=O)CC2c1ccsc1. The molecule has 1 unspecified atom stereocenters. The molecule has 1 atom stereocenters. The van der Waals surface area contributed by atoms with Gasteiger partial charge in [-0.2, -0.15) is 11.3 Å². The van der Waals surface area contributed by atoms with Crippen molar-refractivity contribution in [2.75, 3.05) is 0 Å². The summed E-state index contributed by atoms with van der Waals surface area (Å²) in [7, 11) is 0. The molecular formula is C13H13NO3S. The Kier molecular flexibility index (Phi) is 2.35. The van der Waals surface area contributed by atoms with Crippen molar-refractivity contribution in [1.82, 2.24) is 5.32 Å². The molecule has 0 radical (unpaired) electrons. The van der Waals surface area contributed by atoms with Crippen LogP contribution in [-0.2, 0) is 14.3 Å². The van der Waals surface area contributed by atoms with Gasteiger partial charge in [0, 0.05) is 12.3 Å². The van der Waals surface area contributed by atoms with E-state index in [-0.39, 0.29) is 17.8 Å². The first-order valence-corrected chi connectivity index (χ1v) is 6.73. The Morgan fingerprint density at radius 2 is 2.22 bits per heavy atom. The van der Waals surface area contributed by atoms with Gasteiger partial charge in [-0.15, -0.1) is 0 Å². The maximum Gasteiger partial charge on any atom is 0.337 e. The van der Waals surface area contributed by atoms with E-state index in [1.54, 1.807) is 25.2 Å². The van der Waals surface area contributed by atoms with Gasteiger partial charge in [-0.1, -0.05) is 0 Å². The van der Waals surface area contributed by atoms with E-state index in [0.717, 1.165) is 5.56 Å². The van der Waals surface area contributed by atoms with Crippen LogP contribution in [0.15, 0.2) is 28.1 Å². The second kappa shape index (κ2) is 3.68. The van der Waals surface area contributed by atoms with Gasteiger partial charge in [0.2, 0.25) is 5.91 Å². The number of nitrogens with one attached hydrogen (secondary N) is 1. The van der Waals surface area contributed by atoms with E-state index < -0.39 is 5.60 Å². The van der Waals surface area contributed by atoms with E-state index >= 15 is 0 Å². The molecule has 3 rings (SSSR count). The zero-order valence-corrected chi connectivity index (χ0v) is 11.0. The highest BCUT2D eigenvalue weighted by molar-refractivity contribution is 7.08. The molecule has 0 fully saturated rings. The first kappa shape index (κ1) is 11.5. The normalized spacial score (nSPS) is 25.8. The second-order valence-electron chi connectivity index (χ2n) is 5.05. The summed E-state index contributed by atoms with van der Waals surface area (Å²) in [6, 6.07) is 1.96. The minimum absolute atomic E-state index is 0.0590. The Morgan fingerprint density at radius 3 is 2.89 bits per heavy atom. The quantitative estimate of drug-likeness (QED) is 0.788. The summed E-state index contributed by atoms with van der Waals surface area (Å²) in [5.41, 5.74) is 1.51. The zero-order chi connectivity index (χ0) is 12.9. The number of rotatable bonds is 1. The van der Waals surface area contributed by atoms with Crippen LogP contribution in [0.25, 0.3) is 0 Å². The standard InChI is InChI=1S/C13H13NO3S/c1-13(2)11-10(12(16)17-13)8(5-9(15)14-11)7-3-4-18-6-7/h3-4,6,8H,5H2,1-2H3,(H,14,15). The minimum Gasteiger partial charge on any atom is -0.450 e. The molecule has 2 aliphatic heterocycles. The summed E-state index contributed by atoms with van der Waals surface area (Å²) < 4.78 is 5.35. The van der Waals surface area contributed by atoms with Gasteiger partial charge in [-0.25, -0.2) is 4.79 Å². The lowest BCUT2D eigenvalue weighted by atomic mass is 9.84. The average Bonchev–Trinajstić information content (AvgIpc) is 2.86. The summed E-state index contributed by atoms with van der Waals surface area (Å²) in [5.74, 6) is -0.545. The molecule has 3 heterocycles. The Hall–Kier alpha value is -1.62. The first-order chi connectivity index (χ1) is 8.49. The van der Waals surface area contributed by atoms with Crippen LogP contribution < -0.4 is 5.32 Å². The maximum atomic E-state index is 12.0. The van der Waals surface area contributed by atoms with Crippen molar-refractivity contribution in [3.63, 3.8) is 0 Å². The van der Waals surface area contributed by atoms with Gasteiger partial charge in [0.1, 0.15) is 5.60 Å². The molecule has 18 heavy (non-hydrogen) atoms. The molecule has 0 saturated heterocycles. The van der Waals surface area contributed by atoms with Crippen molar-refractivity contribution in [2.45, 2.75) is 31.8 Å². The monoisotopic (exact) mass is 263 g/mol. The molecule has 0 aliphatic carbocycles. The number of ether oxygens (including phenoxy) is 1. The summed E-state index contributed by atoms with van der Waals surface area (Å²) in [5, 5.41) is 6.72. The molecular weight excluding hydrogens is 250 g/mol. The van der Waals surface area contributed by atoms with E-state index in [1.807, 2.05) is 16.8 Å². The molecule has 1 N–H and O–H groups in total. The third-order valence-corrected chi connectivity index (χ3v) is 4.09. The van der Waals surface area contributed by atoms with Gasteiger partial charge in [0.15, 0.2) is 0 Å². The van der Waals surface area contributed by atoms with Gasteiger partial charge in [0.25, 0.3) is 0 Å². The lowest BCUT2D eigenvalue weighted by molar-refractivity contribution is -0.144. The largest absolute Gasteiger partial charge is 0.450 e. The van der Waals surface area contributed by atoms with Gasteiger partial charge < -0.3 is 10.1 Å². The lowest BCUT2D eigenvalue weighted by Crippen LogP contribution is -2.38. The van der Waals surface area contributed by atoms with E-state index in [1.165, 1.54) is 0 Å². The maximum absolute atomic E-state index is 12.0. The third-order valence-electron chi connectivity index (χ3n) is 3.39. The van der Waals surface area contributed by atoms with E-state index in [9.17, 15) is 9.59 Å². The van der Waals surface area contributed by atoms with E-state index in [0.29, 0.717) is 17.7 Å². The van der Waals surface area contributed by atoms with Crippen LogP contribution in [0.2, 0.25) is 0 Å². The molecule has 5 heteroatoms. The average molecular weight is 263 g/mol. The summed E-state index contributed by atoms with van der Waals surface area (Å²) in [6.07, 6.45) is 0.306. The highest BCUT2D eigenvalue weighted by Gasteiger charge is 2.47. The van der Waals surface area contributed by atoms with Crippen LogP contribution in [-0.4, -0.2) is 17.5 Å². The number of esters is 1. The Labute approximate surface area is 109 Å². The molecule has 0 bridgehead atoms. The first-order valence-electron chi connectivity index (χ1n) is 5.79. The number of thiophene rings is 1. The predicted molar refractivity (Wildman–Crippen MR) is 67.0 cm³/mol. The Bertz CT molecular complexity index is 557. The lowest BCUT2D eigenvalue weighted by Gasteiger charge is -2.26. The van der Waals surface area contributed by atoms with Crippen LogP contribution in [0.3, 0.4) is 0 Å². The van der Waals surface area contributed by atoms with Gasteiger partial charge in [-0.3, -0.25) is 4.79 Å². The highest BCUT2D eigenvalue weighted by Crippen LogP contribution is 2.42. The highest BCUT2D eigenvalue weighted by atomic mass is 32.1. The van der Waals surface area contributed by atoms with Crippen molar-refractivity contribution in [2.24, 2.45) is 0 Å². The van der Waals surface area contributed by atoms with Crippen LogP contribution >= 0.6 is 11.3 Å². The van der Waals surface area contributed by atoms with Crippen molar-refractivity contribution in [1.29, 1.82) is 0 Å². The second-order valence-corrected chi connectivity index (χ2v) is 5.83. The molecule has 1 amide bonds. The summed E-state index contributed by atoms with van der Waals surface area (Å²) in [4.78, 5) is 23.8. The molecule has 2 aliphatic rings. The van der Waals surface area contributed by atoms with Crippen LogP contribution in [0.4, 0.5) is 0 Å². The molecule has 1 aromatic heterocycles. The van der Waals surface area contributed by atoms with Crippen LogP contribution in [0.1, 0.15) is 31.7 Å². The topological polar surface area (TPSA) is 55.4 Å². The van der Waals surface area contributed by atoms with Crippen molar-refractivity contribution < 1.29 is 14.3 Å². The van der Waals surface area contributed by atoms with Crippen molar-refractivity contribution in [3.05, 3.63) is 33.7 Å². The smallest absolute Gasteiger partial charge is 0.337 e. The molecule has 0 aromatic carbocycles. The van der Waals surface area contributed by atoms with Crippen LogP contribution in [0.5, 0.6) is 0 Å². The number of carbonyl (C=O) groups excluding carboxylic acids is 2. The van der Waals surface area contributed by atoms with Crippen molar-refractivity contribution >= 4 is 23.2 Å². The van der Waals surface area contributed by atoms with Gasteiger partial charge in [-0.05, 0) is 36.2 Å². The fraction of sp³-hybridized carbons (Fsp3) is 0.385. The van der Waals surface area contributed by atoms with Crippen LogP contribution in [0, 0.1) is 0 Å². The minimum atomic E-state index is -0.739. The van der Waals surface area contributed by atoms with E-state index in [2.05, 4.69) is 5.32 Å². The summed E-state index contributed by atoms with van der Waals surface area (Å²) in [6.45, 7) is 3.59. The Balaban J connectivity index is 2.13. The Morgan fingerprint density at radius 1 is 1.44 bits per heavy atom. The fourth-order valence-electron chi connectivity index (χ4n) is 2.53. The summed E-state index contributed by atoms with van der Waals surface area (Å²) >= 11 is 1.56. The molecule has 4 nitrogen and oxygen atoms in total. The third kappa shape index (κ3) is 1.58. The molecule has 94 valence electrons. The zero-order valence-electron chi connectivity index (χ0n) is 10.1. The molecule has 1 aromatic rings.